The number of aromatic nitrogens is 3. The quantitative estimate of drug-likeness (QED) is 0.843. The molecule has 0 saturated carbocycles. The molecule has 0 aromatic carbocycles. The van der Waals surface area contributed by atoms with Gasteiger partial charge in [0.05, 0.1) is 12.2 Å². The number of amides is 1. The second kappa shape index (κ2) is 5.69. The summed E-state index contributed by atoms with van der Waals surface area (Å²) in [7, 11) is 1.45. The van der Waals surface area contributed by atoms with E-state index in [0.717, 1.165) is 4.90 Å². The molecule has 1 saturated heterocycles. The monoisotopic (exact) mass is 328 g/mol. The Morgan fingerprint density at radius 2 is 2.26 bits per heavy atom. The third kappa shape index (κ3) is 3.07. The molecule has 1 aliphatic heterocycles. The Morgan fingerprint density at radius 1 is 1.48 bits per heavy atom. The van der Waals surface area contributed by atoms with Crippen LogP contribution in [0.1, 0.15) is 40.4 Å². The van der Waals surface area contributed by atoms with Gasteiger partial charge in [-0.2, -0.15) is 4.98 Å². The van der Waals surface area contributed by atoms with Crippen LogP contribution in [-0.2, 0) is 11.3 Å². The van der Waals surface area contributed by atoms with E-state index in [4.69, 9.17) is 13.8 Å². The number of likely N-dealkylation sites (tertiary alicyclic amines) is 1. The van der Waals surface area contributed by atoms with Crippen LogP contribution < -0.4 is 0 Å². The van der Waals surface area contributed by atoms with Gasteiger partial charge < -0.3 is 18.7 Å². The summed E-state index contributed by atoms with van der Waals surface area (Å²) >= 11 is 0. The number of rotatable bonds is 4. The first-order valence-electron chi connectivity index (χ1n) is 6.83. The molecule has 2 aromatic heterocycles. The minimum atomic E-state index is -3.05. The minimum absolute atomic E-state index is 0.0567. The number of methoxy groups -OCH3 is 1. The van der Waals surface area contributed by atoms with Gasteiger partial charge in [0.25, 0.3) is 11.8 Å². The van der Waals surface area contributed by atoms with Crippen molar-refractivity contribution < 1.29 is 27.4 Å². The molecule has 10 heteroatoms. The van der Waals surface area contributed by atoms with Crippen molar-refractivity contribution in [2.24, 2.45) is 0 Å². The first kappa shape index (κ1) is 15.5. The highest BCUT2D eigenvalue weighted by atomic mass is 19.3. The summed E-state index contributed by atoms with van der Waals surface area (Å²) < 4.78 is 42.3. The van der Waals surface area contributed by atoms with Gasteiger partial charge in [-0.3, -0.25) is 4.79 Å². The third-order valence-corrected chi connectivity index (χ3v) is 3.41. The molecule has 0 spiro atoms. The fourth-order valence-corrected chi connectivity index (χ4v) is 2.45. The number of carbonyl (C=O) groups excluding carboxylic acids is 1. The van der Waals surface area contributed by atoms with Crippen molar-refractivity contribution in [1.29, 1.82) is 0 Å². The van der Waals surface area contributed by atoms with E-state index < -0.39 is 30.8 Å². The molecule has 3 rings (SSSR count). The lowest BCUT2D eigenvalue weighted by atomic mass is 10.2. The molecule has 2 aromatic rings. The van der Waals surface area contributed by atoms with Crippen LogP contribution in [0.3, 0.4) is 0 Å². The van der Waals surface area contributed by atoms with Gasteiger partial charge in [0, 0.05) is 19.6 Å². The van der Waals surface area contributed by atoms with E-state index in [1.54, 1.807) is 6.92 Å². The Hall–Kier alpha value is -2.36. The molecular weight excluding hydrogens is 314 g/mol. The van der Waals surface area contributed by atoms with Crippen LogP contribution in [-0.4, -0.2) is 45.7 Å². The third-order valence-electron chi connectivity index (χ3n) is 3.41. The summed E-state index contributed by atoms with van der Waals surface area (Å²) in [5.41, 5.74) is 0.482. The van der Waals surface area contributed by atoms with E-state index in [2.05, 4.69) is 15.3 Å². The molecule has 124 valence electrons. The lowest BCUT2D eigenvalue weighted by Crippen LogP contribution is -2.32. The molecule has 0 unspecified atom stereocenters. The number of ether oxygens (including phenoxy) is 1. The smallest absolute Gasteiger partial charge is 0.293 e. The van der Waals surface area contributed by atoms with Crippen molar-refractivity contribution in [1.82, 2.24) is 20.2 Å². The van der Waals surface area contributed by atoms with Crippen LogP contribution in [0.15, 0.2) is 15.1 Å². The highest BCUT2D eigenvalue weighted by molar-refractivity contribution is 5.92. The maximum atomic E-state index is 13.8. The van der Waals surface area contributed by atoms with E-state index in [1.807, 2.05) is 0 Å². The van der Waals surface area contributed by atoms with Crippen LogP contribution in [0.4, 0.5) is 8.78 Å². The molecular formula is C13H14F2N4O4. The van der Waals surface area contributed by atoms with Gasteiger partial charge in [-0.15, -0.1) is 0 Å². The summed E-state index contributed by atoms with van der Waals surface area (Å²) in [6.07, 6.45) is -0.597. The number of hydrogen-bond donors (Lipinski definition) is 0. The average Bonchev–Trinajstić information content (AvgIpc) is 3.17. The molecule has 3 heterocycles. The molecule has 1 aliphatic rings. The van der Waals surface area contributed by atoms with Crippen LogP contribution in [0.2, 0.25) is 0 Å². The van der Waals surface area contributed by atoms with Gasteiger partial charge in [0.1, 0.15) is 12.6 Å². The van der Waals surface area contributed by atoms with Gasteiger partial charge in [-0.05, 0) is 6.92 Å². The Balaban J connectivity index is 1.88. The zero-order chi connectivity index (χ0) is 16.6. The normalized spacial score (nSPS) is 20.2. The van der Waals surface area contributed by atoms with E-state index in [9.17, 15) is 13.6 Å². The maximum Gasteiger partial charge on any atom is 0.293 e. The number of halogens is 2. The molecule has 0 bridgehead atoms. The fraction of sp³-hybridized carbons (Fsp3) is 0.538. The van der Waals surface area contributed by atoms with E-state index in [1.165, 1.54) is 13.2 Å². The lowest BCUT2D eigenvalue weighted by molar-refractivity contribution is 0.0112. The topological polar surface area (TPSA) is 94.5 Å². The molecule has 0 radical (unpaired) electrons. The Labute approximate surface area is 129 Å². The number of hydrogen-bond acceptors (Lipinski definition) is 7. The van der Waals surface area contributed by atoms with E-state index in [-0.39, 0.29) is 24.1 Å². The van der Waals surface area contributed by atoms with Crippen molar-refractivity contribution in [3.8, 4) is 0 Å². The van der Waals surface area contributed by atoms with E-state index in [0.29, 0.717) is 5.69 Å². The standard InChI is InChI=1S/C13H14F2N4O4/c1-7-3-9(22-17-7)12(20)19-6-13(14,15)4-8(19)11-16-10(5-21-2)18-23-11/h3,8H,4-6H2,1-2H3/t8-/m0/s1. The van der Waals surface area contributed by atoms with Gasteiger partial charge in [0.15, 0.2) is 5.82 Å². The summed E-state index contributed by atoms with van der Waals surface area (Å²) in [6.45, 7) is 0.964. The summed E-state index contributed by atoms with van der Waals surface area (Å²) in [4.78, 5) is 17.4. The maximum absolute atomic E-state index is 13.8. The van der Waals surface area contributed by atoms with Gasteiger partial charge >= 0.3 is 0 Å². The van der Waals surface area contributed by atoms with Crippen molar-refractivity contribution in [2.45, 2.75) is 31.9 Å². The number of aryl methyl sites for hydroxylation is 1. The second-order valence-electron chi connectivity index (χ2n) is 5.32. The van der Waals surface area contributed by atoms with Crippen LogP contribution in [0.25, 0.3) is 0 Å². The zero-order valence-electron chi connectivity index (χ0n) is 12.5. The van der Waals surface area contributed by atoms with Crippen LogP contribution >= 0.6 is 0 Å². The number of alkyl halides is 2. The Morgan fingerprint density at radius 3 is 2.91 bits per heavy atom. The minimum Gasteiger partial charge on any atom is -0.377 e. The molecule has 1 amide bonds. The van der Waals surface area contributed by atoms with Crippen molar-refractivity contribution in [3.63, 3.8) is 0 Å². The summed E-state index contributed by atoms with van der Waals surface area (Å²) in [5.74, 6) is -3.69. The number of carbonyl (C=O) groups is 1. The van der Waals surface area contributed by atoms with Crippen LogP contribution in [0, 0.1) is 6.92 Å². The average molecular weight is 328 g/mol. The molecule has 8 nitrogen and oxygen atoms in total. The van der Waals surface area contributed by atoms with Crippen LogP contribution in [0.5, 0.6) is 0 Å². The lowest BCUT2D eigenvalue weighted by Gasteiger charge is -2.19. The molecule has 1 atom stereocenters. The summed E-state index contributed by atoms with van der Waals surface area (Å²) in [5, 5.41) is 7.23. The SMILES string of the molecule is COCc1noc([C@@H]2CC(F)(F)CN2C(=O)c2cc(C)no2)n1. The van der Waals surface area contributed by atoms with E-state index >= 15 is 0 Å². The zero-order valence-corrected chi connectivity index (χ0v) is 12.5. The Bertz CT molecular complexity index is 714. The predicted octanol–water partition coefficient (Wildman–Crippen LogP) is 1.73. The molecule has 23 heavy (non-hydrogen) atoms. The highest BCUT2D eigenvalue weighted by Gasteiger charge is 2.50. The van der Waals surface area contributed by atoms with Crippen molar-refractivity contribution >= 4 is 5.91 Å². The largest absolute Gasteiger partial charge is 0.377 e. The predicted molar refractivity (Wildman–Crippen MR) is 69.6 cm³/mol. The highest BCUT2D eigenvalue weighted by Crippen LogP contribution is 2.41. The number of nitrogens with zero attached hydrogens (tertiary/aromatic N) is 4. The summed E-state index contributed by atoms with van der Waals surface area (Å²) in [6, 6.07) is 0.362. The molecule has 1 fully saturated rings. The van der Waals surface area contributed by atoms with Crippen molar-refractivity contribution in [3.05, 3.63) is 29.2 Å². The Kier molecular flexibility index (Phi) is 3.84. The van der Waals surface area contributed by atoms with Gasteiger partial charge in [-0.1, -0.05) is 10.3 Å². The van der Waals surface area contributed by atoms with Gasteiger partial charge in [-0.25, -0.2) is 8.78 Å². The first-order chi connectivity index (χ1) is 10.9. The second-order valence-corrected chi connectivity index (χ2v) is 5.32. The van der Waals surface area contributed by atoms with Gasteiger partial charge in [0.2, 0.25) is 11.7 Å². The van der Waals surface area contributed by atoms with Crippen molar-refractivity contribution in [2.75, 3.05) is 13.7 Å². The first-order valence-corrected chi connectivity index (χ1v) is 6.83. The molecule has 0 aliphatic carbocycles. The fourth-order valence-electron chi connectivity index (χ4n) is 2.45. The molecule has 0 N–H and O–H groups in total.